The SMILES string of the molecule is Br.CCOc1cc2c(cc1C(=O)NC)C(=N)N(CC(=O)c1cc(OCCCC#N)c(OCC(=O)O)c(C(C)(C)C)c1)C2. The fourth-order valence-electron chi connectivity index (χ4n) is 4.46. The minimum atomic E-state index is -1.15. The predicted octanol–water partition coefficient (Wildman–Crippen LogP) is 4.49. The molecular weight excluding hydrogens is 608 g/mol. The van der Waals surface area contributed by atoms with Crippen molar-refractivity contribution in [1.82, 2.24) is 10.2 Å². The van der Waals surface area contributed by atoms with Crippen LogP contribution in [0.2, 0.25) is 0 Å². The van der Waals surface area contributed by atoms with Gasteiger partial charge in [-0.1, -0.05) is 20.8 Å². The molecule has 0 bridgehead atoms. The van der Waals surface area contributed by atoms with Gasteiger partial charge in [0.1, 0.15) is 11.6 Å². The number of unbranched alkanes of at least 4 members (excludes halogenated alkanes) is 1. The van der Waals surface area contributed by atoms with Crippen LogP contribution in [0.15, 0.2) is 24.3 Å². The molecule has 12 heteroatoms. The monoisotopic (exact) mass is 644 g/mol. The number of nitrogens with zero attached hydrogens (tertiary/aromatic N) is 2. The van der Waals surface area contributed by atoms with Crippen molar-refractivity contribution < 1.29 is 33.7 Å². The first kappa shape index (κ1) is 34.1. The zero-order chi connectivity index (χ0) is 30.3. The first-order chi connectivity index (χ1) is 19.4. The predicted molar refractivity (Wildman–Crippen MR) is 162 cm³/mol. The van der Waals surface area contributed by atoms with Crippen LogP contribution in [0.3, 0.4) is 0 Å². The van der Waals surface area contributed by atoms with Gasteiger partial charge in [-0.05, 0) is 48.6 Å². The topological polar surface area (TPSA) is 162 Å². The minimum absolute atomic E-state index is 0. The van der Waals surface area contributed by atoms with Crippen LogP contribution < -0.4 is 19.5 Å². The van der Waals surface area contributed by atoms with Gasteiger partial charge in [-0.25, -0.2) is 4.79 Å². The summed E-state index contributed by atoms with van der Waals surface area (Å²) in [6, 6.07) is 8.60. The second-order valence-corrected chi connectivity index (χ2v) is 10.5. The third kappa shape index (κ3) is 8.00. The fourth-order valence-corrected chi connectivity index (χ4v) is 4.46. The first-order valence-electron chi connectivity index (χ1n) is 13.3. The molecule has 0 fully saturated rings. The number of carbonyl (C=O) groups excluding carboxylic acids is 2. The van der Waals surface area contributed by atoms with Gasteiger partial charge in [0.25, 0.3) is 5.91 Å². The number of amidine groups is 1. The molecule has 42 heavy (non-hydrogen) atoms. The van der Waals surface area contributed by atoms with E-state index in [1.54, 1.807) is 23.1 Å². The largest absolute Gasteiger partial charge is 0.493 e. The molecule has 11 nitrogen and oxygen atoms in total. The van der Waals surface area contributed by atoms with E-state index < -0.39 is 18.0 Å². The lowest BCUT2D eigenvalue weighted by Crippen LogP contribution is -2.30. The molecule has 2 aromatic rings. The molecule has 1 heterocycles. The van der Waals surface area contributed by atoms with Gasteiger partial charge in [0.2, 0.25) is 0 Å². The first-order valence-corrected chi connectivity index (χ1v) is 13.3. The number of nitriles is 1. The van der Waals surface area contributed by atoms with E-state index in [4.69, 9.17) is 24.9 Å². The normalized spacial score (nSPS) is 12.1. The highest BCUT2D eigenvalue weighted by atomic mass is 79.9. The van der Waals surface area contributed by atoms with Crippen molar-refractivity contribution in [2.75, 3.05) is 33.4 Å². The zero-order valence-corrected chi connectivity index (χ0v) is 26.2. The van der Waals surface area contributed by atoms with Gasteiger partial charge in [0.15, 0.2) is 23.9 Å². The zero-order valence-electron chi connectivity index (χ0n) is 24.5. The van der Waals surface area contributed by atoms with E-state index in [9.17, 15) is 19.5 Å². The molecule has 1 aliphatic rings. The fraction of sp³-hybridized carbons (Fsp3) is 0.433. The standard InChI is InChI=1S/C30H36N4O7.BrH/c1-6-39-24-13-19-15-34(28(32)20(19)14-21(24)29(38)33-5)16-23(35)18-11-22(30(2,3)4)27(41-17-26(36)37)25(12-18)40-10-8-7-9-31;/h11-14,32H,6-8,10,15-17H2,1-5H3,(H,33,38)(H,36,37);1H. The highest BCUT2D eigenvalue weighted by molar-refractivity contribution is 8.93. The Morgan fingerprint density at radius 2 is 1.83 bits per heavy atom. The highest BCUT2D eigenvalue weighted by Crippen LogP contribution is 2.40. The van der Waals surface area contributed by atoms with Gasteiger partial charge in [0, 0.05) is 36.7 Å². The van der Waals surface area contributed by atoms with Crippen LogP contribution in [0.1, 0.15) is 77.9 Å². The lowest BCUT2D eigenvalue weighted by molar-refractivity contribution is -0.139. The summed E-state index contributed by atoms with van der Waals surface area (Å²) in [5, 5.41) is 29.4. The molecular formula is C30H37BrN4O7. The summed E-state index contributed by atoms with van der Waals surface area (Å²) in [7, 11) is 1.52. The number of benzene rings is 2. The second kappa shape index (κ2) is 14.7. The van der Waals surface area contributed by atoms with Gasteiger partial charge < -0.3 is 29.5 Å². The van der Waals surface area contributed by atoms with Crippen LogP contribution in [-0.4, -0.2) is 66.9 Å². The number of aliphatic carboxylic acids is 1. The number of hydrogen-bond donors (Lipinski definition) is 3. The molecule has 3 N–H and O–H groups in total. The Morgan fingerprint density at radius 3 is 2.43 bits per heavy atom. The highest BCUT2D eigenvalue weighted by Gasteiger charge is 2.31. The molecule has 1 amide bonds. The lowest BCUT2D eigenvalue weighted by Gasteiger charge is -2.26. The second-order valence-electron chi connectivity index (χ2n) is 10.5. The number of carbonyl (C=O) groups is 3. The molecule has 1 aliphatic heterocycles. The summed E-state index contributed by atoms with van der Waals surface area (Å²) in [6.07, 6.45) is 0.725. The number of halogens is 1. The molecule has 0 spiro atoms. The number of carboxylic acid groups (broad SMARTS) is 1. The Hall–Kier alpha value is -4.11. The molecule has 0 aromatic heterocycles. The molecule has 0 radical (unpaired) electrons. The maximum atomic E-state index is 13.6. The molecule has 0 unspecified atom stereocenters. The summed E-state index contributed by atoms with van der Waals surface area (Å²) in [5.74, 6) is -0.781. The average Bonchev–Trinajstić information content (AvgIpc) is 3.22. The van der Waals surface area contributed by atoms with Crippen molar-refractivity contribution in [3.63, 3.8) is 0 Å². The van der Waals surface area contributed by atoms with Gasteiger partial charge in [-0.2, -0.15) is 5.26 Å². The Kier molecular flexibility index (Phi) is 11.9. The number of nitrogens with one attached hydrogen (secondary N) is 2. The number of rotatable bonds is 13. The number of Topliss-reactive ketones (excluding diaryl/α,β-unsaturated/α-hetero) is 1. The summed E-state index contributed by atoms with van der Waals surface area (Å²) >= 11 is 0. The molecule has 0 saturated carbocycles. The van der Waals surface area contributed by atoms with Crippen LogP contribution in [0, 0.1) is 16.7 Å². The van der Waals surface area contributed by atoms with E-state index >= 15 is 0 Å². The van der Waals surface area contributed by atoms with Crippen LogP contribution >= 0.6 is 17.0 Å². The maximum Gasteiger partial charge on any atom is 0.341 e. The average molecular weight is 646 g/mol. The molecule has 3 rings (SSSR count). The van der Waals surface area contributed by atoms with Crippen LogP contribution in [0.5, 0.6) is 17.2 Å². The Balaban J connectivity index is 0.00000616. The van der Waals surface area contributed by atoms with E-state index in [1.807, 2.05) is 27.7 Å². The Labute approximate surface area is 256 Å². The number of amides is 1. The molecule has 2 aromatic carbocycles. The van der Waals surface area contributed by atoms with Crippen molar-refractivity contribution in [1.29, 1.82) is 10.7 Å². The van der Waals surface area contributed by atoms with E-state index in [0.29, 0.717) is 41.0 Å². The van der Waals surface area contributed by atoms with Crippen LogP contribution in [0.25, 0.3) is 0 Å². The van der Waals surface area contributed by atoms with E-state index in [0.717, 1.165) is 5.56 Å². The molecule has 0 saturated heterocycles. The van der Waals surface area contributed by atoms with E-state index in [2.05, 4.69) is 11.4 Å². The number of ketones is 1. The third-order valence-electron chi connectivity index (χ3n) is 6.46. The summed E-state index contributed by atoms with van der Waals surface area (Å²) in [6.45, 7) is 7.70. The minimum Gasteiger partial charge on any atom is -0.493 e. The summed E-state index contributed by atoms with van der Waals surface area (Å²) in [5.41, 5.74) is 2.02. The quantitative estimate of drug-likeness (QED) is 0.211. The maximum absolute atomic E-state index is 13.6. The van der Waals surface area contributed by atoms with Crippen molar-refractivity contribution in [3.8, 4) is 23.3 Å². The lowest BCUT2D eigenvalue weighted by atomic mass is 9.84. The molecule has 0 aliphatic carbocycles. The number of ether oxygens (including phenoxy) is 3. The van der Waals surface area contributed by atoms with Gasteiger partial charge >= 0.3 is 5.97 Å². The Morgan fingerprint density at radius 1 is 1.12 bits per heavy atom. The van der Waals surface area contributed by atoms with Gasteiger partial charge in [-0.3, -0.25) is 15.0 Å². The van der Waals surface area contributed by atoms with Gasteiger partial charge in [-0.15, -0.1) is 17.0 Å². The van der Waals surface area contributed by atoms with Crippen LogP contribution in [0.4, 0.5) is 0 Å². The van der Waals surface area contributed by atoms with Crippen molar-refractivity contribution in [3.05, 3.63) is 52.1 Å². The van der Waals surface area contributed by atoms with Crippen molar-refractivity contribution in [2.24, 2.45) is 0 Å². The summed E-state index contributed by atoms with van der Waals surface area (Å²) < 4.78 is 17.2. The number of fused-ring (bicyclic) bond motifs is 1. The summed E-state index contributed by atoms with van der Waals surface area (Å²) in [4.78, 5) is 38.9. The van der Waals surface area contributed by atoms with E-state index in [1.165, 1.54) is 13.1 Å². The number of hydrogen-bond acceptors (Lipinski definition) is 8. The third-order valence-corrected chi connectivity index (χ3v) is 6.46. The molecule has 226 valence electrons. The van der Waals surface area contributed by atoms with Crippen molar-refractivity contribution in [2.45, 2.75) is 52.5 Å². The smallest absolute Gasteiger partial charge is 0.341 e. The van der Waals surface area contributed by atoms with Crippen LogP contribution in [-0.2, 0) is 16.8 Å². The van der Waals surface area contributed by atoms with Crippen molar-refractivity contribution >= 4 is 40.5 Å². The van der Waals surface area contributed by atoms with E-state index in [-0.39, 0.29) is 72.1 Å². The van der Waals surface area contributed by atoms with Gasteiger partial charge in [0.05, 0.1) is 31.4 Å². The molecule has 0 atom stereocenters. The Bertz CT molecular complexity index is 1400. The number of carboxylic acids is 1.